The van der Waals surface area contributed by atoms with E-state index in [9.17, 15) is 24.0 Å². The average molecular weight is 917 g/mol. The second kappa shape index (κ2) is 27.4. The van der Waals surface area contributed by atoms with Crippen molar-refractivity contribution in [3.8, 4) is 0 Å². The van der Waals surface area contributed by atoms with Crippen LogP contribution in [0.5, 0.6) is 0 Å². The van der Waals surface area contributed by atoms with Crippen LogP contribution >= 0.6 is 21.6 Å². The highest BCUT2D eigenvalue weighted by atomic mass is 33.1. The van der Waals surface area contributed by atoms with E-state index in [-0.39, 0.29) is 79.7 Å². The van der Waals surface area contributed by atoms with E-state index < -0.39 is 30.3 Å². The van der Waals surface area contributed by atoms with Gasteiger partial charge in [-0.25, -0.2) is 9.78 Å². The first-order valence-electron chi connectivity index (χ1n) is 21.8. The molecule has 5 amide bonds. The van der Waals surface area contributed by atoms with E-state index in [0.717, 1.165) is 23.4 Å². The molecule has 1 aliphatic heterocycles. The van der Waals surface area contributed by atoms with Gasteiger partial charge >= 0.3 is 6.09 Å². The van der Waals surface area contributed by atoms with E-state index in [0.29, 0.717) is 30.8 Å². The summed E-state index contributed by atoms with van der Waals surface area (Å²) in [5.41, 5.74) is 7.64. The Bertz CT molecular complexity index is 1720. The van der Waals surface area contributed by atoms with Crippen LogP contribution in [-0.4, -0.2) is 153 Å². The van der Waals surface area contributed by atoms with Gasteiger partial charge < -0.3 is 40.4 Å². The minimum atomic E-state index is -0.619. The number of likely N-dealkylation sites (tertiary alicyclic amines) is 1. The van der Waals surface area contributed by atoms with Gasteiger partial charge in [-0.3, -0.25) is 29.4 Å². The number of pyridine rings is 1. The monoisotopic (exact) mass is 916 g/mol. The molecule has 18 heteroatoms. The number of carbonyl (C=O) groups excluding carboxylic acids is 5. The van der Waals surface area contributed by atoms with Gasteiger partial charge in [0.1, 0.15) is 11.6 Å². The fraction of sp³-hybridized carbons (Fsp3) is 0.644. The molecule has 8 unspecified atom stereocenters. The Morgan fingerprint density at radius 3 is 2.29 bits per heavy atom. The topological polar surface area (TPSA) is 198 Å². The maximum absolute atomic E-state index is 14.2. The number of rotatable bonds is 26. The van der Waals surface area contributed by atoms with Gasteiger partial charge in [0.2, 0.25) is 23.6 Å². The molecule has 1 aromatic carbocycles. The van der Waals surface area contributed by atoms with E-state index in [1.54, 1.807) is 67.1 Å². The third-order valence-corrected chi connectivity index (χ3v) is 13.9. The lowest BCUT2D eigenvalue weighted by Crippen LogP contribution is -2.55. The Labute approximate surface area is 382 Å². The lowest BCUT2D eigenvalue weighted by Gasteiger charge is -2.39. The normalized spacial score (nSPS) is 17.3. The molecule has 2 aromatic rings. The van der Waals surface area contributed by atoms with E-state index in [1.807, 2.05) is 77.0 Å². The molecule has 16 nitrogen and oxygen atoms in total. The van der Waals surface area contributed by atoms with E-state index in [4.69, 9.17) is 19.9 Å². The van der Waals surface area contributed by atoms with Gasteiger partial charge in [-0.1, -0.05) is 70.0 Å². The molecule has 352 valence electrons. The van der Waals surface area contributed by atoms with Gasteiger partial charge in [0.05, 0.1) is 49.2 Å². The summed E-state index contributed by atoms with van der Waals surface area (Å²) in [5.74, 6) is -0.838. The summed E-state index contributed by atoms with van der Waals surface area (Å²) in [5, 5.41) is 9.53. The lowest BCUT2D eigenvalue weighted by atomic mass is 9.90. The van der Waals surface area contributed by atoms with Crippen molar-refractivity contribution in [3.05, 3.63) is 54.2 Å². The van der Waals surface area contributed by atoms with Crippen LogP contribution in [0.2, 0.25) is 0 Å². The Morgan fingerprint density at radius 2 is 1.70 bits per heavy atom. The van der Waals surface area contributed by atoms with Crippen LogP contribution in [0.15, 0.2) is 53.7 Å². The number of ether oxygens (including phenoxy) is 3. The molecule has 1 aromatic heterocycles. The van der Waals surface area contributed by atoms with Crippen molar-refractivity contribution < 1.29 is 38.2 Å². The van der Waals surface area contributed by atoms with Crippen molar-refractivity contribution in [2.75, 3.05) is 72.7 Å². The molecule has 0 spiro atoms. The molecule has 5 N–H and O–H groups in total. The highest BCUT2D eigenvalue weighted by Gasteiger charge is 2.42. The summed E-state index contributed by atoms with van der Waals surface area (Å²) in [6.45, 7) is 10.6. The number of nitrogens with zero attached hydrogens (tertiary/aromatic N) is 4. The molecular weight excluding hydrogens is 845 g/mol. The van der Waals surface area contributed by atoms with Crippen molar-refractivity contribution >= 4 is 57.0 Å². The molecular formula is C45H72N8O8S2. The molecule has 1 aliphatic rings. The lowest BCUT2D eigenvalue weighted by molar-refractivity contribution is -0.146. The number of likely N-dealkylation sites (N-methyl/N-ethyl adjacent to an activating group) is 2. The molecule has 0 aliphatic carbocycles. The molecule has 2 heterocycles. The van der Waals surface area contributed by atoms with Crippen molar-refractivity contribution in [3.63, 3.8) is 0 Å². The third-order valence-electron chi connectivity index (χ3n) is 11.7. The quantitative estimate of drug-likeness (QED) is 0.0751. The molecule has 63 heavy (non-hydrogen) atoms. The molecule has 0 saturated carbocycles. The highest BCUT2D eigenvalue weighted by molar-refractivity contribution is 8.76. The number of hydrogen-bond donors (Lipinski definition) is 4. The maximum Gasteiger partial charge on any atom is 0.411 e. The Morgan fingerprint density at radius 1 is 0.984 bits per heavy atom. The zero-order valence-corrected chi connectivity index (χ0v) is 40.5. The Kier molecular flexibility index (Phi) is 23.2. The second-order valence-electron chi connectivity index (χ2n) is 16.7. The number of benzene rings is 1. The van der Waals surface area contributed by atoms with Crippen LogP contribution in [0.25, 0.3) is 0 Å². The Balaban J connectivity index is 1.57. The fourth-order valence-electron chi connectivity index (χ4n) is 8.21. The van der Waals surface area contributed by atoms with Crippen molar-refractivity contribution in [2.45, 2.75) is 108 Å². The number of nitrogens with one attached hydrogen (secondary N) is 3. The first-order chi connectivity index (χ1) is 30.1. The average Bonchev–Trinajstić information content (AvgIpc) is 3.75. The van der Waals surface area contributed by atoms with Gasteiger partial charge in [0.15, 0.2) is 0 Å². The number of carbonyl (C=O) groups is 5. The fourth-order valence-corrected chi connectivity index (χ4v) is 9.91. The van der Waals surface area contributed by atoms with Crippen molar-refractivity contribution in [2.24, 2.45) is 23.5 Å². The van der Waals surface area contributed by atoms with E-state index >= 15 is 0 Å². The molecule has 3 rings (SSSR count). The maximum atomic E-state index is 14.2. The largest absolute Gasteiger partial charge is 0.448 e. The SMILES string of the molecule is CCC(C)C(C(CC(=O)N1CCCC1C(OC)C(C)C(=O)NC(CN)Cc1ccc(NC(=O)OCCSSc2ccccn2)cc1)OC)N(C)C(=O)CNC(=O)C(C(C)C)N(C)C. The summed E-state index contributed by atoms with van der Waals surface area (Å²) in [4.78, 5) is 76.3. The Hall–Kier alpha value is -3.94. The highest BCUT2D eigenvalue weighted by Crippen LogP contribution is 2.30. The summed E-state index contributed by atoms with van der Waals surface area (Å²) >= 11 is 0. The minimum absolute atomic E-state index is 0.0148. The van der Waals surface area contributed by atoms with Gasteiger partial charge in [-0.15, -0.1) is 0 Å². The summed E-state index contributed by atoms with van der Waals surface area (Å²) in [7, 11) is 11.5. The number of hydrogen-bond acceptors (Lipinski definition) is 13. The smallest absolute Gasteiger partial charge is 0.411 e. The predicted molar refractivity (Wildman–Crippen MR) is 250 cm³/mol. The van der Waals surface area contributed by atoms with E-state index in [1.165, 1.54) is 10.8 Å². The van der Waals surface area contributed by atoms with Gasteiger partial charge in [-0.05, 0) is 85.8 Å². The first kappa shape index (κ1) is 53.4. The summed E-state index contributed by atoms with van der Waals surface area (Å²) in [6.07, 6.45) is 2.61. The number of nitrogens with two attached hydrogens (primary N) is 1. The molecule has 1 saturated heterocycles. The molecule has 1 fully saturated rings. The van der Waals surface area contributed by atoms with E-state index in [2.05, 4.69) is 20.9 Å². The molecule has 0 bridgehead atoms. The summed E-state index contributed by atoms with van der Waals surface area (Å²) in [6, 6.07) is 11.4. The summed E-state index contributed by atoms with van der Waals surface area (Å²) < 4.78 is 17.2. The van der Waals surface area contributed by atoms with Crippen molar-refractivity contribution in [1.29, 1.82) is 0 Å². The standard InChI is InChI=1S/C45H72N8O8S2/c1-11-30(4)41(52(8)39(55)28-48-44(57)40(29(2)3)51(6)7)36(59-9)26-38(54)53-22-14-15-35(53)42(60-10)31(5)43(56)49-34(27-46)25-32-17-19-33(20-18-32)50-45(58)61-23-24-62-63-37-16-12-13-21-47-37/h12-13,16-21,29-31,34-36,40-42H,11,14-15,22-28,46H2,1-10H3,(H,48,57)(H,49,56)(H,50,58). The zero-order valence-electron chi connectivity index (χ0n) is 38.8. The van der Waals surface area contributed by atoms with Crippen molar-refractivity contribution in [1.82, 2.24) is 30.3 Å². The number of aromatic nitrogens is 1. The van der Waals surface area contributed by atoms with Gasteiger partial charge in [0.25, 0.3) is 0 Å². The first-order valence-corrected chi connectivity index (χ1v) is 24.2. The number of amides is 5. The van der Waals surface area contributed by atoms with Gasteiger partial charge in [-0.2, -0.15) is 0 Å². The van der Waals surface area contributed by atoms with Gasteiger partial charge in [0, 0.05) is 58.0 Å². The van der Waals surface area contributed by atoms with Crippen LogP contribution in [0.3, 0.4) is 0 Å². The van der Waals surface area contributed by atoms with Crippen LogP contribution in [0.4, 0.5) is 10.5 Å². The zero-order chi connectivity index (χ0) is 46.6. The minimum Gasteiger partial charge on any atom is -0.448 e. The molecule has 0 radical (unpaired) electrons. The van der Waals surface area contributed by atoms with Crippen LogP contribution in [0, 0.1) is 17.8 Å². The number of anilines is 1. The predicted octanol–water partition coefficient (Wildman–Crippen LogP) is 4.68. The number of methoxy groups -OCH3 is 2. The molecule has 8 atom stereocenters. The third kappa shape index (κ3) is 16.5. The van der Waals surface area contributed by atoms with Crippen LogP contribution < -0.4 is 21.7 Å². The second-order valence-corrected chi connectivity index (χ2v) is 19.1. The van der Waals surface area contributed by atoms with Crippen LogP contribution in [0.1, 0.15) is 65.9 Å². The van der Waals surface area contributed by atoms with Crippen LogP contribution in [-0.2, 0) is 39.8 Å².